The molecule has 0 saturated carbocycles. The highest BCUT2D eigenvalue weighted by Crippen LogP contribution is 2.41. The summed E-state index contributed by atoms with van der Waals surface area (Å²) in [6, 6.07) is 2.08. The summed E-state index contributed by atoms with van der Waals surface area (Å²) >= 11 is 7.49. The molecule has 10 heteroatoms. The molecule has 0 spiro atoms. The molecule has 2 heterocycles. The average Bonchev–Trinajstić information content (AvgIpc) is 2.90. The van der Waals surface area contributed by atoms with Gasteiger partial charge in [0.25, 0.3) is 0 Å². The molecule has 0 unspecified atom stereocenters. The second-order valence-electron chi connectivity index (χ2n) is 5.59. The third kappa shape index (κ3) is 3.25. The quantitative estimate of drug-likeness (QED) is 0.765. The van der Waals surface area contributed by atoms with Crippen LogP contribution in [0.25, 0.3) is 0 Å². The molecule has 0 aliphatic carbocycles. The van der Waals surface area contributed by atoms with Crippen LogP contribution in [0.3, 0.4) is 0 Å². The fourth-order valence-corrected chi connectivity index (χ4v) is 5.81. The van der Waals surface area contributed by atoms with E-state index in [0.717, 1.165) is 12.1 Å². The number of hydrogen-bond donors (Lipinski definition) is 0. The van der Waals surface area contributed by atoms with Crippen molar-refractivity contribution in [2.75, 3.05) is 22.2 Å². The van der Waals surface area contributed by atoms with Crippen molar-refractivity contribution in [3.63, 3.8) is 0 Å². The molecule has 2 atom stereocenters. The van der Waals surface area contributed by atoms with E-state index in [9.17, 15) is 21.6 Å². The molecule has 2 aliphatic heterocycles. The van der Waals surface area contributed by atoms with Crippen LogP contribution in [0.5, 0.6) is 0 Å². The number of amidine groups is 1. The zero-order chi connectivity index (χ0) is 17.7. The molecule has 0 aromatic heterocycles. The second kappa shape index (κ2) is 6.10. The summed E-state index contributed by atoms with van der Waals surface area (Å²) in [4.78, 5) is 5.97. The van der Waals surface area contributed by atoms with E-state index in [-0.39, 0.29) is 22.2 Å². The maximum Gasteiger partial charge on any atom is 0.416 e. The van der Waals surface area contributed by atoms with Crippen LogP contribution in [-0.4, -0.2) is 42.9 Å². The molecule has 1 aromatic rings. The van der Waals surface area contributed by atoms with Gasteiger partial charge in [-0.25, -0.2) is 8.42 Å². The smallest absolute Gasteiger partial charge is 0.313 e. The standard InChI is InChI=1S/C14H14ClF3N2O2S2/c1-2-23-13-19-10-6-24(21,22)7-12(10)20(13)11-5-8(14(16,17)18)3-4-9(11)15/h3-5,10,12H,2,6-7H2,1H3/t10-,12-/m1/s1. The summed E-state index contributed by atoms with van der Waals surface area (Å²) in [5, 5.41) is 0.654. The van der Waals surface area contributed by atoms with Gasteiger partial charge in [0.1, 0.15) is 0 Å². The summed E-state index contributed by atoms with van der Waals surface area (Å²) in [5.41, 5.74) is -0.678. The molecule has 3 rings (SSSR count). The van der Waals surface area contributed by atoms with Crippen molar-refractivity contribution in [3.05, 3.63) is 28.8 Å². The van der Waals surface area contributed by atoms with Crippen molar-refractivity contribution in [2.45, 2.75) is 25.2 Å². The second-order valence-corrected chi connectivity index (χ2v) is 9.38. The molecule has 0 N–H and O–H groups in total. The number of fused-ring (bicyclic) bond motifs is 1. The highest BCUT2D eigenvalue weighted by atomic mass is 35.5. The van der Waals surface area contributed by atoms with Gasteiger partial charge in [-0.3, -0.25) is 4.99 Å². The predicted octanol–water partition coefficient (Wildman–Crippen LogP) is 3.45. The topological polar surface area (TPSA) is 49.7 Å². The lowest BCUT2D eigenvalue weighted by Crippen LogP contribution is -2.39. The zero-order valence-electron chi connectivity index (χ0n) is 12.5. The Morgan fingerprint density at radius 1 is 1.38 bits per heavy atom. The van der Waals surface area contributed by atoms with Crippen LogP contribution in [-0.2, 0) is 16.0 Å². The first-order valence-corrected chi connectivity index (χ1v) is 10.4. The van der Waals surface area contributed by atoms with Gasteiger partial charge in [0.05, 0.1) is 39.9 Å². The van der Waals surface area contributed by atoms with Gasteiger partial charge >= 0.3 is 6.18 Å². The van der Waals surface area contributed by atoms with Crippen molar-refractivity contribution >= 4 is 44.1 Å². The third-order valence-corrected chi connectivity index (χ3v) is 6.78. The first kappa shape index (κ1) is 17.9. The molecule has 4 nitrogen and oxygen atoms in total. The highest BCUT2D eigenvalue weighted by molar-refractivity contribution is 8.14. The number of anilines is 1. The van der Waals surface area contributed by atoms with Gasteiger partial charge in [0.2, 0.25) is 0 Å². The molecule has 0 bridgehead atoms. The van der Waals surface area contributed by atoms with Gasteiger partial charge in [-0.1, -0.05) is 30.3 Å². The van der Waals surface area contributed by atoms with Crippen LogP contribution in [0.15, 0.2) is 23.2 Å². The third-order valence-electron chi connectivity index (χ3n) is 3.91. The first-order valence-electron chi connectivity index (χ1n) is 7.19. The molecule has 2 aliphatic rings. The summed E-state index contributed by atoms with van der Waals surface area (Å²) < 4.78 is 62.9. The lowest BCUT2D eigenvalue weighted by molar-refractivity contribution is -0.137. The Morgan fingerprint density at radius 2 is 2.08 bits per heavy atom. The Morgan fingerprint density at radius 3 is 2.71 bits per heavy atom. The zero-order valence-corrected chi connectivity index (χ0v) is 14.9. The Labute approximate surface area is 147 Å². The molecule has 24 heavy (non-hydrogen) atoms. The van der Waals surface area contributed by atoms with Crippen LogP contribution in [0, 0.1) is 0 Å². The van der Waals surface area contributed by atoms with Crippen LogP contribution < -0.4 is 4.90 Å². The number of rotatable bonds is 2. The first-order chi connectivity index (χ1) is 11.1. The number of halogens is 4. The summed E-state index contributed by atoms with van der Waals surface area (Å²) in [7, 11) is -3.26. The number of hydrogen-bond acceptors (Lipinski definition) is 5. The van der Waals surface area contributed by atoms with Gasteiger partial charge in [-0.2, -0.15) is 13.2 Å². The minimum Gasteiger partial charge on any atom is -0.313 e. The fraction of sp³-hybridized carbons (Fsp3) is 0.500. The lowest BCUT2D eigenvalue weighted by Gasteiger charge is -2.28. The molecule has 1 aromatic carbocycles. The number of aliphatic imine (C=N–C) groups is 1. The molecular formula is C14H14ClF3N2O2S2. The van der Waals surface area contributed by atoms with Crippen LogP contribution >= 0.6 is 23.4 Å². The van der Waals surface area contributed by atoms with Gasteiger partial charge < -0.3 is 4.90 Å². The highest BCUT2D eigenvalue weighted by Gasteiger charge is 2.47. The van der Waals surface area contributed by atoms with Gasteiger partial charge in [0, 0.05) is 0 Å². The van der Waals surface area contributed by atoms with E-state index >= 15 is 0 Å². The summed E-state index contributed by atoms with van der Waals surface area (Å²) in [6.45, 7) is 1.89. The molecule has 0 radical (unpaired) electrons. The van der Waals surface area contributed by atoms with Crippen LogP contribution in [0.1, 0.15) is 12.5 Å². The van der Waals surface area contributed by atoms with Crippen molar-refractivity contribution in [2.24, 2.45) is 4.99 Å². The largest absolute Gasteiger partial charge is 0.416 e. The molecule has 1 saturated heterocycles. The van der Waals surface area contributed by atoms with Crippen molar-refractivity contribution < 1.29 is 21.6 Å². The Bertz CT molecular complexity index is 796. The molecule has 0 amide bonds. The fourth-order valence-electron chi connectivity index (χ4n) is 2.92. The predicted molar refractivity (Wildman–Crippen MR) is 90.7 cm³/mol. The van der Waals surface area contributed by atoms with Crippen molar-refractivity contribution in [1.82, 2.24) is 0 Å². The van der Waals surface area contributed by atoms with Gasteiger partial charge in [-0.15, -0.1) is 0 Å². The van der Waals surface area contributed by atoms with Crippen LogP contribution in [0.2, 0.25) is 5.02 Å². The van der Waals surface area contributed by atoms with Crippen molar-refractivity contribution in [3.8, 4) is 0 Å². The number of benzene rings is 1. The van der Waals surface area contributed by atoms with E-state index in [1.807, 2.05) is 6.92 Å². The minimum atomic E-state index is -4.50. The summed E-state index contributed by atoms with van der Waals surface area (Å²) in [5.74, 6) is 0.443. The Hall–Kier alpha value is -0.930. The maximum atomic E-state index is 13.0. The van der Waals surface area contributed by atoms with E-state index in [1.165, 1.54) is 17.8 Å². The van der Waals surface area contributed by atoms with E-state index in [4.69, 9.17) is 11.6 Å². The van der Waals surface area contributed by atoms with Crippen molar-refractivity contribution in [1.29, 1.82) is 0 Å². The normalized spacial score (nSPS) is 25.7. The average molecular weight is 399 g/mol. The number of alkyl halides is 3. The van der Waals surface area contributed by atoms with E-state index in [1.54, 1.807) is 4.90 Å². The SMILES string of the molecule is CCSC1=N[C@@H]2CS(=O)(=O)C[C@H]2N1c1cc(C(F)(F)F)ccc1Cl. The monoisotopic (exact) mass is 398 g/mol. The van der Waals surface area contributed by atoms with Crippen LogP contribution in [0.4, 0.5) is 18.9 Å². The van der Waals surface area contributed by atoms with Gasteiger partial charge in [-0.05, 0) is 24.0 Å². The number of thioether (sulfide) groups is 1. The summed E-state index contributed by atoms with van der Waals surface area (Å²) in [6.07, 6.45) is -4.50. The van der Waals surface area contributed by atoms with E-state index in [0.29, 0.717) is 10.9 Å². The lowest BCUT2D eigenvalue weighted by atomic mass is 10.1. The minimum absolute atomic E-state index is 0.0848. The molecular weight excluding hydrogens is 385 g/mol. The number of sulfone groups is 1. The van der Waals surface area contributed by atoms with E-state index < -0.39 is 33.7 Å². The Kier molecular flexibility index (Phi) is 4.55. The Balaban J connectivity index is 2.07. The molecule has 132 valence electrons. The number of nitrogens with zero attached hydrogens (tertiary/aromatic N) is 2. The maximum absolute atomic E-state index is 13.0. The van der Waals surface area contributed by atoms with Gasteiger partial charge in [0.15, 0.2) is 15.0 Å². The van der Waals surface area contributed by atoms with E-state index in [2.05, 4.69) is 4.99 Å². The molecule has 1 fully saturated rings.